The maximum absolute atomic E-state index is 3.68. The molecule has 19 heavy (non-hydrogen) atoms. The smallest absolute Gasteiger partial charge is 0.0476 e. The highest BCUT2D eigenvalue weighted by Gasteiger charge is 2.22. The van der Waals surface area contributed by atoms with Crippen LogP contribution >= 0.6 is 0 Å². The second-order valence-corrected chi connectivity index (χ2v) is 5.67. The molecule has 2 heterocycles. The Morgan fingerprint density at radius 3 is 2.95 bits per heavy atom. The molecule has 3 rings (SSSR count). The molecule has 1 unspecified atom stereocenters. The average molecular weight is 256 g/mol. The number of aromatic amines is 1. The molecule has 0 aliphatic carbocycles. The number of nitrogens with one attached hydrogen (secondary N) is 2. The van der Waals surface area contributed by atoms with E-state index in [2.05, 4.69) is 41.5 Å². The van der Waals surface area contributed by atoms with Gasteiger partial charge in [0.1, 0.15) is 0 Å². The van der Waals surface area contributed by atoms with Gasteiger partial charge in [-0.05, 0) is 31.0 Å². The SMILES string of the molecule is CCCCCCC1NCCc2c1[nH]c1ccccc21. The summed E-state index contributed by atoms with van der Waals surface area (Å²) in [5, 5.41) is 5.11. The molecule has 2 nitrogen and oxygen atoms in total. The van der Waals surface area contributed by atoms with Gasteiger partial charge in [-0.15, -0.1) is 0 Å². The first-order valence-corrected chi connectivity index (χ1v) is 7.73. The molecule has 0 radical (unpaired) electrons. The molecule has 102 valence electrons. The van der Waals surface area contributed by atoms with Crippen LogP contribution in [0.15, 0.2) is 24.3 Å². The van der Waals surface area contributed by atoms with Crippen LogP contribution < -0.4 is 5.32 Å². The van der Waals surface area contributed by atoms with Gasteiger partial charge in [0.05, 0.1) is 0 Å². The number of unbranched alkanes of at least 4 members (excludes halogenated alkanes) is 3. The van der Waals surface area contributed by atoms with E-state index in [4.69, 9.17) is 0 Å². The van der Waals surface area contributed by atoms with E-state index in [1.807, 2.05) is 0 Å². The van der Waals surface area contributed by atoms with Gasteiger partial charge in [0, 0.05) is 22.6 Å². The van der Waals surface area contributed by atoms with Crippen LogP contribution in [0.4, 0.5) is 0 Å². The topological polar surface area (TPSA) is 27.8 Å². The number of hydrogen-bond donors (Lipinski definition) is 2. The van der Waals surface area contributed by atoms with Gasteiger partial charge in [0.2, 0.25) is 0 Å². The lowest BCUT2D eigenvalue weighted by atomic mass is 9.95. The number of H-pyrrole nitrogens is 1. The lowest BCUT2D eigenvalue weighted by Gasteiger charge is -2.24. The zero-order chi connectivity index (χ0) is 13.1. The summed E-state index contributed by atoms with van der Waals surface area (Å²) in [6.45, 7) is 3.39. The second-order valence-electron chi connectivity index (χ2n) is 5.67. The highest BCUT2D eigenvalue weighted by molar-refractivity contribution is 5.85. The largest absolute Gasteiger partial charge is 0.357 e. The number of para-hydroxylation sites is 1. The van der Waals surface area contributed by atoms with E-state index in [0.29, 0.717) is 6.04 Å². The van der Waals surface area contributed by atoms with Crippen molar-refractivity contribution < 1.29 is 0 Å². The van der Waals surface area contributed by atoms with Gasteiger partial charge in [-0.2, -0.15) is 0 Å². The molecule has 0 spiro atoms. The fourth-order valence-electron chi connectivity index (χ4n) is 3.28. The Kier molecular flexibility index (Phi) is 3.88. The monoisotopic (exact) mass is 256 g/mol. The summed E-state index contributed by atoms with van der Waals surface area (Å²) < 4.78 is 0. The van der Waals surface area contributed by atoms with Crippen LogP contribution in [-0.4, -0.2) is 11.5 Å². The number of benzene rings is 1. The summed E-state index contributed by atoms with van der Waals surface area (Å²) in [6, 6.07) is 9.25. The van der Waals surface area contributed by atoms with Gasteiger partial charge in [0.15, 0.2) is 0 Å². The molecular weight excluding hydrogens is 232 g/mol. The second kappa shape index (κ2) is 5.79. The third-order valence-corrected chi connectivity index (χ3v) is 4.31. The van der Waals surface area contributed by atoms with E-state index in [1.165, 1.54) is 48.7 Å². The average Bonchev–Trinajstić information content (AvgIpc) is 2.83. The van der Waals surface area contributed by atoms with Crippen LogP contribution in [0.5, 0.6) is 0 Å². The molecule has 1 aliphatic heterocycles. The molecule has 1 aromatic heterocycles. The molecule has 0 saturated carbocycles. The summed E-state index contributed by atoms with van der Waals surface area (Å²) in [7, 11) is 0. The normalized spacial score (nSPS) is 18.7. The highest BCUT2D eigenvalue weighted by Crippen LogP contribution is 2.32. The molecule has 0 fully saturated rings. The Hall–Kier alpha value is -1.28. The Bertz CT molecular complexity index is 541. The van der Waals surface area contributed by atoms with Crippen LogP contribution in [0.25, 0.3) is 10.9 Å². The van der Waals surface area contributed by atoms with Crippen LogP contribution in [0.2, 0.25) is 0 Å². The Labute approximate surface area is 115 Å². The molecule has 1 atom stereocenters. The van der Waals surface area contributed by atoms with Crippen LogP contribution in [-0.2, 0) is 6.42 Å². The van der Waals surface area contributed by atoms with Crippen molar-refractivity contribution in [2.45, 2.75) is 51.5 Å². The van der Waals surface area contributed by atoms with Crippen LogP contribution in [0.3, 0.4) is 0 Å². The predicted molar refractivity (Wildman–Crippen MR) is 81.5 cm³/mol. The zero-order valence-electron chi connectivity index (χ0n) is 11.8. The third kappa shape index (κ3) is 2.55. The fourth-order valence-corrected chi connectivity index (χ4v) is 3.28. The molecular formula is C17H24N2. The molecule has 2 N–H and O–H groups in total. The minimum absolute atomic E-state index is 0.535. The lowest BCUT2D eigenvalue weighted by Crippen LogP contribution is -2.29. The molecule has 0 amide bonds. The van der Waals surface area contributed by atoms with Crippen molar-refractivity contribution >= 4 is 10.9 Å². The summed E-state index contributed by atoms with van der Waals surface area (Å²) in [5.74, 6) is 0. The quantitative estimate of drug-likeness (QED) is 0.766. The van der Waals surface area contributed by atoms with E-state index in [-0.39, 0.29) is 0 Å². The first-order chi connectivity index (χ1) is 9.40. The first kappa shape index (κ1) is 12.7. The highest BCUT2D eigenvalue weighted by atomic mass is 15.0. The Balaban J connectivity index is 1.79. The summed E-state index contributed by atoms with van der Waals surface area (Å²) in [5.41, 5.74) is 4.30. The Morgan fingerprint density at radius 2 is 2.05 bits per heavy atom. The summed E-state index contributed by atoms with van der Waals surface area (Å²) in [6.07, 6.45) is 7.80. The third-order valence-electron chi connectivity index (χ3n) is 4.31. The number of hydrogen-bond acceptors (Lipinski definition) is 1. The van der Waals surface area contributed by atoms with Gasteiger partial charge in [0.25, 0.3) is 0 Å². The van der Waals surface area contributed by atoms with Crippen molar-refractivity contribution in [1.29, 1.82) is 0 Å². The van der Waals surface area contributed by atoms with Gasteiger partial charge in [-0.25, -0.2) is 0 Å². The number of fused-ring (bicyclic) bond motifs is 3. The molecule has 2 aromatic rings. The van der Waals surface area contributed by atoms with E-state index < -0.39 is 0 Å². The molecule has 1 aromatic carbocycles. The summed E-state index contributed by atoms with van der Waals surface area (Å²) in [4.78, 5) is 3.64. The van der Waals surface area contributed by atoms with Crippen molar-refractivity contribution in [3.63, 3.8) is 0 Å². The van der Waals surface area contributed by atoms with Gasteiger partial charge in [-0.1, -0.05) is 50.8 Å². The van der Waals surface area contributed by atoms with Crippen LogP contribution in [0.1, 0.15) is 56.3 Å². The first-order valence-electron chi connectivity index (χ1n) is 7.73. The zero-order valence-corrected chi connectivity index (χ0v) is 11.8. The van der Waals surface area contributed by atoms with Crippen molar-refractivity contribution in [3.8, 4) is 0 Å². The molecule has 1 aliphatic rings. The van der Waals surface area contributed by atoms with E-state index >= 15 is 0 Å². The maximum Gasteiger partial charge on any atom is 0.0476 e. The minimum Gasteiger partial charge on any atom is -0.357 e. The van der Waals surface area contributed by atoms with Crippen molar-refractivity contribution in [3.05, 3.63) is 35.5 Å². The molecule has 2 heteroatoms. The fraction of sp³-hybridized carbons (Fsp3) is 0.529. The van der Waals surface area contributed by atoms with Crippen molar-refractivity contribution in [1.82, 2.24) is 10.3 Å². The summed E-state index contributed by atoms with van der Waals surface area (Å²) >= 11 is 0. The Morgan fingerprint density at radius 1 is 1.16 bits per heavy atom. The number of aromatic nitrogens is 1. The van der Waals surface area contributed by atoms with E-state index in [1.54, 1.807) is 5.56 Å². The van der Waals surface area contributed by atoms with Gasteiger partial charge < -0.3 is 10.3 Å². The van der Waals surface area contributed by atoms with Crippen molar-refractivity contribution in [2.24, 2.45) is 0 Å². The standard InChI is InChI=1S/C17H24N2/c1-2-3-4-5-10-16-17-14(11-12-18-16)13-8-6-7-9-15(13)19-17/h6-9,16,18-19H,2-5,10-12H2,1H3. The van der Waals surface area contributed by atoms with Crippen LogP contribution in [0, 0.1) is 0 Å². The van der Waals surface area contributed by atoms with E-state index in [9.17, 15) is 0 Å². The van der Waals surface area contributed by atoms with Crippen molar-refractivity contribution in [2.75, 3.05) is 6.54 Å². The van der Waals surface area contributed by atoms with Gasteiger partial charge in [-0.3, -0.25) is 0 Å². The van der Waals surface area contributed by atoms with E-state index in [0.717, 1.165) is 13.0 Å². The predicted octanol–water partition coefficient (Wildman–Crippen LogP) is 4.33. The maximum atomic E-state index is 3.68. The minimum atomic E-state index is 0.535. The molecule has 0 bridgehead atoms. The van der Waals surface area contributed by atoms with Gasteiger partial charge >= 0.3 is 0 Å². The lowest BCUT2D eigenvalue weighted by molar-refractivity contribution is 0.445. The number of rotatable bonds is 5. The molecule has 0 saturated heterocycles.